The van der Waals surface area contributed by atoms with Gasteiger partial charge in [0.15, 0.2) is 11.5 Å². The molecule has 0 spiro atoms. The number of nitrogens with two attached hydrogens (primary N) is 1. The number of fused-ring (bicyclic) bond motifs is 1. The molecule has 1 aliphatic rings. The third-order valence-corrected chi connectivity index (χ3v) is 4.16. The first-order chi connectivity index (χ1) is 10.3. The normalized spacial score (nSPS) is 24.0. The molecule has 3 rings (SSSR count). The summed E-state index contributed by atoms with van der Waals surface area (Å²) in [6, 6.07) is 0. The van der Waals surface area contributed by atoms with Crippen molar-refractivity contribution in [1.82, 2.24) is 19.5 Å². The van der Waals surface area contributed by atoms with Crippen molar-refractivity contribution < 1.29 is 23.6 Å². The standard InChI is InChI=1S/C11H16N5O5P/c1-6(21-22(17,18)19)7-2-3-8(20-7)16-5-15-9-10(12)13-4-14-11(9)16/h4-8H,2-3H2,1H3,(H2,12,13,14)(H2,17,18,19)/t6-,7-,8+/m0/s1. The van der Waals surface area contributed by atoms with Crippen LogP contribution >= 0.6 is 7.82 Å². The van der Waals surface area contributed by atoms with Gasteiger partial charge in [-0.05, 0) is 19.8 Å². The lowest BCUT2D eigenvalue weighted by Crippen LogP contribution is -2.25. The van der Waals surface area contributed by atoms with Gasteiger partial charge in [0.1, 0.15) is 18.1 Å². The minimum Gasteiger partial charge on any atom is -0.382 e. The molecule has 2 aromatic heterocycles. The average molecular weight is 329 g/mol. The molecule has 11 heteroatoms. The van der Waals surface area contributed by atoms with E-state index in [2.05, 4.69) is 19.5 Å². The molecule has 3 heterocycles. The topological polar surface area (TPSA) is 146 Å². The summed E-state index contributed by atoms with van der Waals surface area (Å²) in [5.74, 6) is 0.288. The minimum absolute atomic E-state index is 0.288. The molecule has 3 atom stereocenters. The number of phosphoric ester groups is 1. The first-order valence-electron chi connectivity index (χ1n) is 6.67. The Hall–Kier alpha value is -1.58. The number of nitrogen functional groups attached to an aromatic ring is 1. The third kappa shape index (κ3) is 2.96. The summed E-state index contributed by atoms with van der Waals surface area (Å²) < 4.78 is 23.1. The fourth-order valence-electron chi connectivity index (χ4n) is 2.56. The summed E-state index contributed by atoms with van der Waals surface area (Å²) in [6.45, 7) is 1.57. The number of aromatic nitrogens is 4. The van der Waals surface area contributed by atoms with Crippen molar-refractivity contribution in [2.45, 2.75) is 38.2 Å². The number of rotatable bonds is 4. The van der Waals surface area contributed by atoms with E-state index in [0.29, 0.717) is 24.0 Å². The SMILES string of the molecule is C[C@H](OP(=O)(O)O)[C@@H]1CC[C@H](n2cnc3c(N)ncnc32)O1. The zero-order valence-corrected chi connectivity index (χ0v) is 12.6. The Labute approximate surface area is 125 Å². The van der Waals surface area contributed by atoms with Crippen molar-refractivity contribution >= 4 is 24.8 Å². The smallest absolute Gasteiger partial charge is 0.382 e. The fourth-order valence-corrected chi connectivity index (χ4v) is 3.13. The van der Waals surface area contributed by atoms with Crippen molar-refractivity contribution in [1.29, 1.82) is 0 Å². The third-order valence-electron chi connectivity index (χ3n) is 3.55. The van der Waals surface area contributed by atoms with Gasteiger partial charge in [-0.2, -0.15) is 0 Å². The van der Waals surface area contributed by atoms with E-state index in [1.54, 1.807) is 17.8 Å². The number of imidazole rings is 1. The largest absolute Gasteiger partial charge is 0.469 e. The first-order valence-corrected chi connectivity index (χ1v) is 8.20. The van der Waals surface area contributed by atoms with Gasteiger partial charge >= 0.3 is 7.82 Å². The van der Waals surface area contributed by atoms with E-state index in [4.69, 9.17) is 20.3 Å². The van der Waals surface area contributed by atoms with Crippen LogP contribution in [0.25, 0.3) is 11.2 Å². The van der Waals surface area contributed by atoms with Crippen LogP contribution in [0.5, 0.6) is 0 Å². The highest BCUT2D eigenvalue weighted by atomic mass is 31.2. The molecule has 0 radical (unpaired) electrons. The summed E-state index contributed by atoms with van der Waals surface area (Å²) in [5.41, 5.74) is 6.79. The Bertz CT molecular complexity index is 731. The van der Waals surface area contributed by atoms with Crippen LogP contribution in [0.4, 0.5) is 5.82 Å². The molecule has 0 aromatic carbocycles. The van der Waals surface area contributed by atoms with Crippen LogP contribution < -0.4 is 5.73 Å². The summed E-state index contributed by atoms with van der Waals surface area (Å²) in [4.78, 5) is 29.9. The number of phosphoric acid groups is 1. The van der Waals surface area contributed by atoms with Gasteiger partial charge < -0.3 is 20.3 Å². The van der Waals surface area contributed by atoms with Crippen LogP contribution in [0.3, 0.4) is 0 Å². The molecule has 0 bridgehead atoms. The van der Waals surface area contributed by atoms with Gasteiger partial charge in [0.25, 0.3) is 0 Å². The zero-order chi connectivity index (χ0) is 15.9. The Morgan fingerprint density at radius 1 is 1.45 bits per heavy atom. The lowest BCUT2D eigenvalue weighted by molar-refractivity contribution is -0.0501. The highest BCUT2D eigenvalue weighted by molar-refractivity contribution is 7.46. The number of nitrogens with zero attached hydrogens (tertiary/aromatic N) is 4. The Balaban J connectivity index is 1.77. The Kier molecular flexibility index (Phi) is 3.87. The molecular weight excluding hydrogens is 313 g/mol. The molecule has 0 saturated carbocycles. The quantitative estimate of drug-likeness (QED) is 0.685. The number of hydrogen-bond donors (Lipinski definition) is 3. The van der Waals surface area contributed by atoms with Crippen molar-refractivity contribution in [2.24, 2.45) is 0 Å². The van der Waals surface area contributed by atoms with E-state index in [-0.39, 0.29) is 12.0 Å². The summed E-state index contributed by atoms with van der Waals surface area (Å²) in [6.07, 6.45) is 2.68. The first kappa shape index (κ1) is 15.3. The average Bonchev–Trinajstić information content (AvgIpc) is 3.03. The van der Waals surface area contributed by atoms with Gasteiger partial charge in [0.2, 0.25) is 0 Å². The van der Waals surface area contributed by atoms with E-state index >= 15 is 0 Å². The maximum absolute atomic E-state index is 10.9. The lowest BCUT2D eigenvalue weighted by Gasteiger charge is -2.21. The molecule has 4 N–H and O–H groups in total. The summed E-state index contributed by atoms with van der Waals surface area (Å²) in [7, 11) is -4.54. The van der Waals surface area contributed by atoms with E-state index in [1.165, 1.54) is 6.33 Å². The van der Waals surface area contributed by atoms with Gasteiger partial charge in [-0.15, -0.1) is 0 Å². The predicted molar refractivity (Wildman–Crippen MR) is 75.5 cm³/mol. The maximum Gasteiger partial charge on any atom is 0.469 e. The summed E-state index contributed by atoms with van der Waals surface area (Å²) in [5, 5.41) is 0. The molecule has 1 fully saturated rings. The van der Waals surface area contributed by atoms with E-state index in [1.807, 2.05) is 0 Å². The van der Waals surface area contributed by atoms with Gasteiger partial charge in [-0.1, -0.05) is 0 Å². The van der Waals surface area contributed by atoms with E-state index < -0.39 is 20.0 Å². The molecule has 1 saturated heterocycles. The molecule has 0 unspecified atom stereocenters. The van der Waals surface area contributed by atoms with Crippen LogP contribution in [0.15, 0.2) is 12.7 Å². The Morgan fingerprint density at radius 3 is 2.95 bits per heavy atom. The van der Waals surface area contributed by atoms with Crippen LogP contribution in [-0.2, 0) is 13.8 Å². The van der Waals surface area contributed by atoms with Gasteiger partial charge in [0.05, 0.1) is 18.5 Å². The number of anilines is 1. The van der Waals surface area contributed by atoms with Crippen LogP contribution in [0.2, 0.25) is 0 Å². The molecule has 10 nitrogen and oxygen atoms in total. The van der Waals surface area contributed by atoms with Crippen molar-refractivity contribution in [3.63, 3.8) is 0 Å². The monoisotopic (exact) mass is 329 g/mol. The molecular formula is C11H16N5O5P. The number of hydrogen-bond acceptors (Lipinski definition) is 7. The fraction of sp³-hybridized carbons (Fsp3) is 0.545. The zero-order valence-electron chi connectivity index (χ0n) is 11.7. The van der Waals surface area contributed by atoms with Crippen LogP contribution in [-0.4, -0.2) is 41.5 Å². The molecule has 0 amide bonds. The van der Waals surface area contributed by atoms with Crippen LogP contribution in [0.1, 0.15) is 26.0 Å². The second-order valence-electron chi connectivity index (χ2n) is 5.09. The molecule has 120 valence electrons. The van der Waals surface area contributed by atoms with Crippen molar-refractivity contribution in [2.75, 3.05) is 5.73 Å². The van der Waals surface area contributed by atoms with Gasteiger partial charge in [-0.25, -0.2) is 19.5 Å². The molecule has 2 aromatic rings. The molecule has 22 heavy (non-hydrogen) atoms. The van der Waals surface area contributed by atoms with Crippen LogP contribution in [0, 0.1) is 0 Å². The minimum atomic E-state index is -4.54. The van der Waals surface area contributed by atoms with Gasteiger partial charge in [0, 0.05) is 0 Å². The second-order valence-corrected chi connectivity index (χ2v) is 6.28. The van der Waals surface area contributed by atoms with E-state index in [9.17, 15) is 4.57 Å². The van der Waals surface area contributed by atoms with Gasteiger partial charge in [-0.3, -0.25) is 9.09 Å². The molecule has 0 aliphatic carbocycles. The lowest BCUT2D eigenvalue weighted by atomic mass is 10.1. The Morgan fingerprint density at radius 2 is 2.23 bits per heavy atom. The summed E-state index contributed by atoms with van der Waals surface area (Å²) >= 11 is 0. The molecule has 1 aliphatic heterocycles. The number of ether oxygens (including phenoxy) is 1. The maximum atomic E-state index is 10.9. The highest BCUT2D eigenvalue weighted by Crippen LogP contribution is 2.41. The predicted octanol–water partition coefficient (Wildman–Crippen LogP) is 0.584. The van der Waals surface area contributed by atoms with Crippen molar-refractivity contribution in [3.8, 4) is 0 Å². The van der Waals surface area contributed by atoms with Crippen molar-refractivity contribution in [3.05, 3.63) is 12.7 Å². The second kappa shape index (κ2) is 5.56. The van der Waals surface area contributed by atoms with E-state index in [0.717, 1.165) is 0 Å². The highest BCUT2D eigenvalue weighted by Gasteiger charge is 2.34.